The van der Waals surface area contributed by atoms with Crippen LogP contribution in [0.2, 0.25) is 0 Å². The van der Waals surface area contributed by atoms with E-state index in [0.717, 1.165) is 11.0 Å². The summed E-state index contributed by atoms with van der Waals surface area (Å²) in [5.74, 6) is 1.47. The van der Waals surface area contributed by atoms with Gasteiger partial charge < -0.3 is 15.2 Å². The van der Waals surface area contributed by atoms with Gasteiger partial charge in [0, 0.05) is 20.1 Å². The van der Waals surface area contributed by atoms with Gasteiger partial charge in [0.1, 0.15) is 18.2 Å². The van der Waals surface area contributed by atoms with Gasteiger partial charge in [-0.05, 0) is 25.0 Å². The van der Waals surface area contributed by atoms with E-state index in [9.17, 15) is 4.79 Å². The number of fused-ring (bicyclic) bond motifs is 1. The Morgan fingerprint density at radius 2 is 2.04 bits per heavy atom. The van der Waals surface area contributed by atoms with Crippen molar-refractivity contribution in [2.75, 3.05) is 13.6 Å². The molecule has 0 saturated carbocycles. The van der Waals surface area contributed by atoms with Gasteiger partial charge in [-0.25, -0.2) is 14.6 Å². The molecule has 8 nitrogen and oxygen atoms in total. The van der Waals surface area contributed by atoms with Crippen LogP contribution >= 0.6 is 0 Å². The number of likely N-dealkylation sites (N-methyl/N-ethyl adjacent to an activating group) is 1. The van der Waals surface area contributed by atoms with Gasteiger partial charge in [-0.15, -0.1) is 0 Å². The molecule has 8 heteroatoms. The third-order valence-corrected chi connectivity index (χ3v) is 4.74. The second-order valence-corrected chi connectivity index (χ2v) is 7.19. The van der Waals surface area contributed by atoms with Crippen molar-refractivity contribution in [2.45, 2.75) is 39.9 Å². The highest BCUT2D eigenvalue weighted by Gasteiger charge is 2.21. The molecule has 2 aromatic heterocycles. The van der Waals surface area contributed by atoms with Crippen molar-refractivity contribution in [1.29, 1.82) is 0 Å². The second kappa shape index (κ2) is 7.87. The molecule has 3 rings (SSSR count). The smallest absolute Gasteiger partial charge is 0.244 e. The zero-order valence-corrected chi connectivity index (χ0v) is 16.3. The van der Waals surface area contributed by atoms with Gasteiger partial charge in [-0.1, -0.05) is 26.0 Å². The largest absolute Gasteiger partial charge is 0.342 e. The maximum atomic E-state index is 12.7. The fourth-order valence-corrected chi connectivity index (χ4v) is 2.95. The van der Waals surface area contributed by atoms with Crippen LogP contribution < -0.4 is 5.73 Å². The van der Waals surface area contributed by atoms with E-state index >= 15 is 0 Å². The summed E-state index contributed by atoms with van der Waals surface area (Å²) in [7, 11) is 1.80. The van der Waals surface area contributed by atoms with Crippen molar-refractivity contribution >= 4 is 16.9 Å². The van der Waals surface area contributed by atoms with Crippen molar-refractivity contribution in [3.8, 4) is 0 Å². The highest BCUT2D eigenvalue weighted by molar-refractivity contribution is 5.76. The van der Waals surface area contributed by atoms with E-state index in [1.165, 1.54) is 0 Å². The van der Waals surface area contributed by atoms with Gasteiger partial charge >= 0.3 is 0 Å². The zero-order valence-electron chi connectivity index (χ0n) is 16.3. The normalized spacial score (nSPS) is 12.7. The number of aryl methyl sites for hydroxylation is 1. The molecule has 3 aromatic rings. The summed E-state index contributed by atoms with van der Waals surface area (Å²) in [6, 6.07) is 7.72. The molecule has 0 spiro atoms. The number of imidazole rings is 1. The summed E-state index contributed by atoms with van der Waals surface area (Å²) >= 11 is 0. The second-order valence-electron chi connectivity index (χ2n) is 7.19. The van der Waals surface area contributed by atoms with E-state index in [-0.39, 0.29) is 24.4 Å². The van der Waals surface area contributed by atoms with E-state index in [2.05, 4.69) is 19.6 Å². The average molecular weight is 369 g/mol. The molecule has 2 N–H and O–H groups in total. The van der Waals surface area contributed by atoms with Gasteiger partial charge in [0.2, 0.25) is 5.91 Å². The SMILES string of the molecule is Cc1nc([C@@H](N)C(C)C)n(CC(=O)N(C)CCn2cnc3ccccc32)n1. The van der Waals surface area contributed by atoms with Crippen molar-refractivity contribution in [3.63, 3.8) is 0 Å². The van der Waals surface area contributed by atoms with Crippen LogP contribution in [0.4, 0.5) is 0 Å². The van der Waals surface area contributed by atoms with Gasteiger partial charge in [0.15, 0.2) is 0 Å². The number of hydrogen-bond donors (Lipinski definition) is 1. The van der Waals surface area contributed by atoms with E-state index < -0.39 is 0 Å². The summed E-state index contributed by atoms with van der Waals surface area (Å²) < 4.78 is 3.68. The molecule has 0 saturated heterocycles. The minimum absolute atomic E-state index is 0.0264. The molecule has 0 radical (unpaired) electrons. The third-order valence-electron chi connectivity index (χ3n) is 4.74. The summed E-state index contributed by atoms with van der Waals surface area (Å²) in [6.07, 6.45) is 1.81. The molecule has 0 unspecified atom stereocenters. The van der Waals surface area contributed by atoms with Gasteiger partial charge in [-0.3, -0.25) is 4.79 Å². The molecule has 2 heterocycles. The Bertz CT molecular complexity index is 927. The first-order chi connectivity index (χ1) is 12.9. The third kappa shape index (κ3) is 4.16. The average Bonchev–Trinajstić information content (AvgIpc) is 3.22. The highest BCUT2D eigenvalue weighted by atomic mass is 16.2. The first kappa shape index (κ1) is 19.0. The Hall–Kier alpha value is -2.74. The minimum atomic E-state index is -0.249. The van der Waals surface area contributed by atoms with Gasteiger partial charge in [0.05, 0.1) is 23.4 Å². The van der Waals surface area contributed by atoms with Crippen LogP contribution in [0.3, 0.4) is 0 Å². The summed E-state index contributed by atoms with van der Waals surface area (Å²) in [4.78, 5) is 23.2. The lowest BCUT2D eigenvalue weighted by Gasteiger charge is -2.20. The lowest BCUT2D eigenvalue weighted by molar-refractivity contribution is -0.130. The Balaban J connectivity index is 1.64. The van der Waals surface area contributed by atoms with E-state index in [4.69, 9.17) is 5.73 Å². The van der Waals surface area contributed by atoms with Gasteiger partial charge in [-0.2, -0.15) is 5.10 Å². The highest BCUT2D eigenvalue weighted by Crippen LogP contribution is 2.17. The monoisotopic (exact) mass is 369 g/mol. The number of carbonyl (C=O) groups excluding carboxylic acids is 1. The molecule has 1 aromatic carbocycles. The standard InChI is InChI=1S/C19H27N7O/c1-13(2)18(20)19-22-14(3)23-26(19)11-17(27)24(4)9-10-25-12-21-15-7-5-6-8-16(15)25/h5-8,12-13,18H,9-11,20H2,1-4H3/t18-/m0/s1. The number of carbonyl (C=O) groups is 1. The van der Waals surface area contributed by atoms with Crippen molar-refractivity contribution in [3.05, 3.63) is 42.2 Å². The molecule has 144 valence electrons. The number of nitrogens with two attached hydrogens (primary N) is 1. The van der Waals surface area contributed by atoms with Crippen LogP contribution in [-0.2, 0) is 17.9 Å². The number of hydrogen-bond acceptors (Lipinski definition) is 5. The first-order valence-corrected chi connectivity index (χ1v) is 9.17. The number of aromatic nitrogens is 5. The van der Waals surface area contributed by atoms with Crippen molar-refractivity contribution in [1.82, 2.24) is 29.2 Å². The quantitative estimate of drug-likeness (QED) is 0.685. The Labute approximate surface area is 159 Å². The molecule has 1 atom stereocenters. The fourth-order valence-electron chi connectivity index (χ4n) is 2.95. The molecule has 0 aliphatic heterocycles. The molecule has 1 amide bonds. The number of amides is 1. The van der Waals surface area contributed by atoms with Crippen LogP contribution in [0, 0.1) is 12.8 Å². The predicted octanol–water partition coefficient (Wildman–Crippen LogP) is 1.75. The maximum Gasteiger partial charge on any atom is 0.244 e. The molecular weight excluding hydrogens is 342 g/mol. The summed E-state index contributed by atoms with van der Waals surface area (Å²) in [6.45, 7) is 7.27. The Morgan fingerprint density at radius 1 is 1.30 bits per heavy atom. The lowest BCUT2D eigenvalue weighted by Crippen LogP contribution is -2.34. The van der Waals surface area contributed by atoms with Crippen molar-refractivity contribution in [2.24, 2.45) is 11.7 Å². The van der Waals surface area contributed by atoms with Crippen LogP contribution in [0.25, 0.3) is 11.0 Å². The van der Waals surface area contributed by atoms with Crippen molar-refractivity contribution < 1.29 is 4.79 Å². The van der Waals surface area contributed by atoms with Gasteiger partial charge in [0.25, 0.3) is 0 Å². The lowest BCUT2D eigenvalue weighted by atomic mass is 10.1. The van der Waals surface area contributed by atoms with Crippen LogP contribution in [0.5, 0.6) is 0 Å². The Morgan fingerprint density at radius 3 is 2.78 bits per heavy atom. The van der Waals surface area contributed by atoms with E-state index in [1.54, 1.807) is 16.6 Å². The van der Waals surface area contributed by atoms with Crippen LogP contribution in [0.15, 0.2) is 30.6 Å². The number of rotatable bonds is 7. The molecule has 0 bridgehead atoms. The first-order valence-electron chi connectivity index (χ1n) is 9.17. The van der Waals surface area contributed by atoms with E-state index in [1.807, 2.05) is 51.4 Å². The molecule has 0 aliphatic rings. The maximum absolute atomic E-state index is 12.7. The minimum Gasteiger partial charge on any atom is -0.342 e. The summed E-state index contributed by atoms with van der Waals surface area (Å²) in [5.41, 5.74) is 8.24. The predicted molar refractivity (Wildman–Crippen MR) is 104 cm³/mol. The number of nitrogens with zero attached hydrogens (tertiary/aromatic N) is 6. The fraction of sp³-hybridized carbons (Fsp3) is 0.474. The summed E-state index contributed by atoms with van der Waals surface area (Å²) in [5, 5.41) is 4.35. The van der Waals surface area contributed by atoms with Crippen LogP contribution in [0.1, 0.15) is 31.5 Å². The molecule has 0 aliphatic carbocycles. The molecule has 0 fully saturated rings. The zero-order chi connectivity index (χ0) is 19.6. The molecule has 27 heavy (non-hydrogen) atoms. The van der Waals surface area contributed by atoms with E-state index in [0.29, 0.717) is 24.7 Å². The number of benzene rings is 1. The molecular formula is C19H27N7O. The Kier molecular flexibility index (Phi) is 5.55. The van der Waals surface area contributed by atoms with Crippen LogP contribution in [-0.4, -0.2) is 48.7 Å². The topological polar surface area (TPSA) is 94.9 Å². The number of para-hydroxylation sites is 2.